The Hall–Kier alpha value is -2.06. The molecule has 0 amide bonds. The molecule has 0 spiro atoms. The minimum absolute atomic E-state index is 0.186. The number of sulfonamides is 1. The molecule has 1 aromatic heterocycles. The molecule has 0 radical (unpaired) electrons. The molecule has 8 heteroatoms. The van der Waals surface area contributed by atoms with Crippen LogP contribution < -0.4 is 14.2 Å². The first kappa shape index (κ1) is 13.9. The maximum absolute atomic E-state index is 12.1. The molecule has 1 aliphatic heterocycles. The molecular weight excluding hydrogens is 296 g/mol. The van der Waals surface area contributed by atoms with E-state index < -0.39 is 16.1 Å². The van der Waals surface area contributed by atoms with E-state index in [1.807, 2.05) is 0 Å². The van der Waals surface area contributed by atoms with Crippen LogP contribution in [0.1, 0.15) is 24.2 Å². The number of benzene rings is 1. The van der Waals surface area contributed by atoms with E-state index in [1.165, 1.54) is 12.3 Å². The van der Waals surface area contributed by atoms with E-state index >= 15 is 0 Å². The number of nitrogens with zero attached hydrogens (tertiary/aromatic N) is 1. The Balaban J connectivity index is 1.72. The highest BCUT2D eigenvalue weighted by Crippen LogP contribution is 2.34. The van der Waals surface area contributed by atoms with Crippen LogP contribution in [-0.2, 0) is 15.8 Å². The Labute approximate surface area is 121 Å². The average Bonchev–Trinajstić information content (AvgIpc) is 3.07. The summed E-state index contributed by atoms with van der Waals surface area (Å²) in [4.78, 5) is 0. The van der Waals surface area contributed by atoms with Crippen LogP contribution in [-0.4, -0.2) is 20.4 Å². The highest BCUT2D eigenvalue weighted by Gasteiger charge is 2.20. The van der Waals surface area contributed by atoms with Crippen molar-refractivity contribution in [3.8, 4) is 11.5 Å². The predicted molar refractivity (Wildman–Crippen MR) is 73.2 cm³/mol. The quantitative estimate of drug-likeness (QED) is 0.901. The van der Waals surface area contributed by atoms with Gasteiger partial charge in [0.25, 0.3) is 0 Å². The lowest BCUT2D eigenvalue weighted by atomic mass is 10.1. The molecule has 1 atom stereocenters. The van der Waals surface area contributed by atoms with Crippen molar-refractivity contribution in [1.29, 1.82) is 0 Å². The van der Waals surface area contributed by atoms with Crippen LogP contribution in [0, 0.1) is 0 Å². The number of fused-ring (bicyclic) bond motifs is 1. The number of ether oxygens (including phenoxy) is 2. The SMILES string of the molecule is CC(NS(=O)(=O)Cc1ccon1)c1ccc2c(c1)OCO2. The molecular formula is C13H14N2O5S. The molecule has 7 nitrogen and oxygen atoms in total. The van der Waals surface area contributed by atoms with Crippen LogP contribution in [0.15, 0.2) is 35.1 Å². The van der Waals surface area contributed by atoms with Crippen molar-refractivity contribution in [3.63, 3.8) is 0 Å². The van der Waals surface area contributed by atoms with Gasteiger partial charge < -0.3 is 14.0 Å². The molecule has 1 aromatic carbocycles. The van der Waals surface area contributed by atoms with Gasteiger partial charge in [-0.15, -0.1) is 0 Å². The molecule has 0 saturated heterocycles. The standard InChI is InChI=1S/C13H14N2O5S/c1-9(10-2-3-12-13(6-10)19-8-18-12)15-21(16,17)7-11-4-5-20-14-11/h2-6,9,15H,7-8H2,1H3. The zero-order chi connectivity index (χ0) is 14.9. The fourth-order valence-corrected chi connectivity index (χ4v) is 3.36. The summed E-state index contributed by atoms with van der Waals surface area (Å²) in [6, 6.07) is 6.46. The molecule has 0 aliphatic carbocycles. The van der Waals surface area contributed by atoms with Gasteiger partial charge in [-0.3, -0.25) is 0 Å². The minimum Gasteiger partial charge on any atom is -0.454 e. The number of hydrogen-bond donors (Lipinski definition) is 1. The molecule has 1 unspecified atom stereocenters. The van der Waals surface area contributed by atoms with Gasteiger partial charge in [0.1, 0.15) is 12.0 Å². The third-order valence-electron chi connectivity index (χ3n) is 3.08. The number of hydrogen-bond acceptors (Lipinski definition) is 6. The molecule has 0 fully saturated rings. The van der Waals surface area contributed by atoms with Crippen LogP contribution in [0.5, 0.6) is 11.5 Å². The molecule has 0 bridgehead atoms. The fourth-order valence-electron chi connectivity index (χ4n) is 2.07. The van der Waals surface area contributed by atoms with E-state index in [9.17, 15) is 8.42 Å². The second-order valence-electron chi connectivity index (χ2n) is 4.70. The third-order valence-corrected chi connectivity index (χ3v) is 4.47. The van der Waals surface area contributed by atoms with Gasteiger partial charge in [0.15, 0.2) is 11.5 Å². The summed E-state index contributed by atoms with van der Waals surface area (Å²) < 4.78 is 41.9. The van der Waals surface area contributed by atoms with Gasteiger partial charge in [-0.25, -0.2) is 13.1 Å². The number of nitrogens with one attached hydrogen (secondary N) is 1. The van der Waals surface area contributed by atoms with Crippen molar-refractivity contribution in [3.05, 3.63) is 41.8 Å². The molecule has 21 heavy (non-hydrogen) atoms. The summed E-state index contributed by atoms with van der Waals surface area (Å²) in [5.74, 6) is 1.06. The molecule has 3 rings (SSSR count). The highest BCUT2D eigenvalue weighted by atomic mass is 32.2. The lowest BCUT2D eigenvalue weighted by Crippen LogP contribution is -2.28. The van der Waals surface area contributed by atoms with Crippen LogP contribution >= 0.6 is 0 Å². The van der Waals surface area contributed by atoms with Crippen molar-refractivity contribution in [2.75, 3.05) is 6.79 Å². The smallest absolute Gasteiger partial charge is 0.231 e. The van der Waals surface area contributed by atoms with Gasteiger partial charge >= 0.3 is 0 Å². The highest BCUT2D eigenvalue weighted by molar-refractivity contribution is 7.88. The summed E-state index contributed by atoms with van der Waals surface area (Å²) in [6.45, 7) is 1.95. The predicted octanol–water partition coefficient (Wildman–Crippen LogP) is 1.58. The average molecular weight is 310 g/mol. The molecule has 0 saturated carbocycles. The normalized spacial score (nSPS) is 15.1. The Bertz CT molecular complexity index is 727. The largest absolute Gasteiger partial charge is 0.454 e. The van der Waals surface area contributed by atoms with Gasteiger partial charge in [-0.2, -0.15) is 0 Å². The van der Waals surface area contributed by atoms with Gasteiger partial charge in [-0.1, -0.05) is 11.2 Å². The first-order valence-electron chi connectivity index (χ1n) is 6.32. The molecule has 1 N–H and O–H groups in total. The molecule has 2 aromatic rings. The molecule has 112 valence electrons. The van der Waals surface area contributed by atoms with Crippen molar-refractivity contribution < 1.29 is 22.4 Å². The van der Waals surface area contributed by atoms with Gasteiger partial charge in [0.05, 0.1) is 5.69 Å². The lowest BCUT2D eigenvalue weighted by molar-refractivity contribution is 0.174. The summed E-state index contributed by atoms with van der Waals surface area (Å²) in [6.07, 6.45) is 1.34. The first-order chi connectivity index (χ1) is 10.0. The van der Waals surface area contributed by atoms with Gasteiger partial charge in [0, 0.05) is 12.1 Å². The maximum Gasteiger partial charge on any atom is 0.231 e. The topological polar surface area (TPSA) is 90.7 Å². The third kappa shape index (κ3) is 3.17. The number of aromatic nitrogens is 1. The Kier molecular flexibility index (Phi) is 3.56. The minimum atomic E-state index is -3.51. The van der Waals surface area contributed by atoms with Crippen LogP contribution in [0.3, 0.4) is 0 Å². The van der Waals surface area contributed by atoms with E-state index in [-0.39, 0.29) is 12.5 Å². The van der Waals surface area contributed by atoms with E-state index in [1.54, 1.807) is 25.1 Å². The van der Waals surface area contributed by atoms with Crippen LogP contribution in [0.4, 0.5) is 0 Å². The monoisotopic (exact) mass is 310 g/mol. The molecule has 1 aliphatic rings. The first-order valence-corrected chi connectivity index (χ1v) is 7.97. The van der Waals surface area contributed by atoms with E-state index in [4.69, 9.17) is 9.47 Å². The van der Waals surface area contributed by atoms with E-state index in [2.05, 4.69) is 14.4 Å². The van der Waals surface area contributed by atoms with Crippen LogP contribution in [0.25, 0.3) is 0 Å². The summed E-state index contributed by atoms with van der Waals surface area (Å²) in [5, 5.41) is 3.60. The van der Waals surface area contributed by atoms with Crippen molar-refractivity contribution in [2.45, 2.75) is 18.7 Å². The van der Waals surface area contributed by atoms with Crippen molar-refractivity contribution in [1.82, 2.24) is 9.88 Å². The summed E-state index contributed by atoms with van der Waals surface area (Å²) in [7, 11) is -3.51. The zero-order valence-electron chi connectivity index (χ0n) is 11.3. The zero-order valence-corrected chi connectivity index (χ0v) is 12.1. The summed E-state index contributed by atoms with van der Waals surface area (Å²) in [5.41, 5.74) is 1.16. The van der Waals surface area contributed by atoms with Gasteiger partial charge in [0.2, 0.25) is 16.8 Å². The second-order valence-corrected chi connectivity index (χ2v) is 6.46. The van der Waals surface area contributed by atoms with Gasteiger partial charge in [-0.05, 0) is 24.6 Å². The fraction of sp³-hybridized carbons (Fsp3) is 0.308. The van der Waals surface area contributed by atoms with E-state index in [0.717, 1.165) is 5.56 Å². The van der Waals surface area contributed by atoms with E-state index in [0.29, 0.717) is 17.2 Å². The van der Waals surface area contributed by atoms with Crippen LogP contribution in [0.2, 0.25) is 0 Å². The Morgan fingerprint density at radius 2 is 2.10 bits per heavy atom. The van der Waals surface area contributed by atoms with Crippen molar-refractivity contribution in [2.24, 2.45) is 0 Å². The Morgan fingerprint density at radius 1 is 1.29 bits per heavy atom. The number of rotatable bonds is 5. The van der Waals surface area contributed by atoms with Crippen molar-refractivity contribution >= 4 is 10.0 Å². The summed E-state index contributed by atoms with van der Waals surface area (Å²) >= 11 is 0. The Morgan fingerprint density at radius 3 is 2.86 bits per heavy atom. The maximum atomic E-state index is 12.1. The lowest BCUT2D eigenvalue weighted by Gasteiger charge is -2.14. The second kappa shape index (κ2) is 5.38. The molecule has 2 heterocycles.